The maximum absolute atomic E-state index is 12.3. The van der Waals surface area contributed by atoms with E-state index in [2.05, 4.69) is 25.6 Å². The van der Waals surface area contributed by atoms with Crippen LogP contribution in [0.5, 0.6) is 0 Å². The monoisotopic (exact) mass is 410 g/mol. The van der Waals surface area contributed by atoms with Crippen LogP contribution in [0.2, 0.25) is 5.02 Å². The summed E-state index contributed by atoms with van der Waals surface area (Å²) in [5, 5.41) is 10.7. The largest absolute Gasteiger partial charge is 0.359 e. The van der Waals surface area contributed by atoms with Crippen LogP contribution in [-0.2, 0) is 11.3 Å². The molecule has 148 valence electrons. The number of amides is 1. The molecule has 2 heterocycles. The molecule has 1 aromatic carbocycles. The number of nitrogens with one attached hydrogen (secondary N) is 1. The van der Waals surface area contributed by atoms with Gasteiger partial charge in [0.25, 0.3) is 5.91 Å². The standard InChI is InChI=1S/C20H19ClN6O2/c1-12-7-8-17(13(2)25-12)23-11-19(26-22)20(28)24-10-14-9-18(27-29-14)15-5-3-4-6-16(15)21/h3-9,11H,10,22H2,1-2H3,(H,24,28)/b23-11?,26-19+. The number of aryl methyl sites for hydroxylation is 2. The van der Waals surface area contributed by atoms with Crippen molar-refractivity contribution in [2.75, 3.05) is 0 Å². The summed E-state index contributed by atoms with van der Waals surface area (Å²) in [6, 6.07) is 12.6. The number of hydrogen-bond donors (Lipinski definition) is 2. The van der Waals surface area contributed by atoms with E-state index < -0.39 is 5.91 Å². The van der Waals surface area contributed by atoms with E-state index in [4.69, 9.17) is 22.0 Å². The first-order valence-electron chi connectivity index (χ1n) is 8.73. The first-order chi connectivity index (χ1) is 14.0. The minimum Gasteiger partial charge on any atom is -0.359 e. The summed E-state index contributed by atoms with van der Waals surface area (Å²) in [6.07, 6.45) is 1.30. The lowest BCUT2D eigenvalue weighted by molar-refractivity contribution is -0.114. The van der Waals surface area contributed by atoms with Gasteiger partial charge in [0.15, 0.2) is 11.5 Å². The van der Waals surface area contributed by atoms with Gasteiger partial charge >= 0.3 is 0 Å². The molecule has 0 spiro atoms. The van der Waals surface area contributed by atoms with Crippen LogP contribution in [-0.4, -0.2) is 28.0 Å². The van der Waals surface area contributed by atoms with Gasteiger partial charge in [-0.15, -0.1) is 0 Å². The molecule has 3 rings (SSSR count). The van der Waals surface area contributed by atoms with Crippen LogP contribution in [0.15, 0.2) is 57.1 Å². The average Bonchev–Trinajstić information content (AvgIpc) is 3.17. The number of nitrogens with two attached hydrogens (primary N) is 1. The molecule has 0 saturated carbocycles. The van der Waals surface area contributed by atoms with Crippen LogP contribution < -0.4 is 11.2 Å². The number of aliphatic imine (C=N–C) groups is 1. The van der Waals surface area contributed by atoms with Gasteiger partial charge in [0.1, 0.15) is 5.69 Å². The first-order valence-corrected chi connectivity index (χ1v) is 9.10. The molecule has 0 radical (unpaired) electrons. The van der Waals surface area contributed by atoms with Crippen molar-refractivity contribution in [2.24, 2.45) is 15.9 Å². The summed E-state index contributed by atoms with van der Waals surface area (Å²) in [7, 11) is 0. The van der Waals surface area contributed by atoms with Crippen molar-refractivity contribution in [3.8, 4) is 11.3 Å². The zero-order valence-electron chi connectivity index (χ0n) is 15.9. The zero-order valence-corrected chi connectivity index (χ0v) is 16.6. The van der Waals surface area contributed by atoms with Crippen molar-refractivity contribution in [3.05, 3.63) is 64.6 Å². The Morgan fingerprint density at radius 3 is 2.79 bits per heavy atom. The van der Waals surface area contributed by atoms with Crippen LogP contribution in [0.4, 0.5) is 5.69 Å². The quantitative estimate of drug-likeness (QED) is 0.367. The third kappa shape index (κ3) is 5.05. The number of benzene rings is 1. The summed E-state index contributed by atoms with van der Waals surface area (Å²) in [5.41, 5.74) is 3.55. The van der Waals surface area contributed by atoms with Gasteiger partial charge in [-0.05, 0) is 32.0 Å². The van der Waals surface area contributed by atoms with E-state index in [9.17, 15) is 4.79 Å². The number of hydrogen-bond acceptors (Lipinski definition) is 7. The van der Waals surface area contributed by atoms with Gasteiger partial charge in [0, 0.05) is 17.3 Å². The molecule has 0 saturated heterocycles. The van der Waals surface area contributed by atoms with Crippen molar-refractivity contribution in [3.63, 3.8) is 0 Å². The fraction of sp³-hybridized carbons (Fsp3) is 0.150. The van der Waals surface area contributed by atoms with Crippen molar-refractivity contribution in [2.45, 2.75) is 20.4 Å². The highest BCUT2D eigenvalue weighted by Crippen LogP contribution is 2.26. The Labute approximate surface area is 172 Å². The summed E-state index contributed by atoms with van der Waals surface area (Å²) in [6.45, 7) is 3.83. The Kier molecular flexibility index (Phi) is 6.36. The van der Waals surface area contributed by atoms with E-state index in [-0.39, 0.29) is 12.3 Å². The molecule has 3 N–H and O–H groups in total. The Bertz CT molecular complexity index is 1090. The maximum Gasteiger partial charge on any atom is 0.273 e. The molecule has 8 nitrogen and oxygen atoms in total. The van der Waals surface area contributed by atoms with E-state index in [0.717, 1.165) is 17.0 Å². The number of pyridine rings is 1. The molecule has 3 aromatic rings. The molecule has 9 heteroatoms. The predicted molar refractivity (Wildman–Crippen MR) is 112 cm³/mol. The van der Waals surface area contributed by atoms with Crippen molar-refractivity contribution < 1.29 is 9.32 Å². The molecule has 0 unspecified atom stereocenters. The summed E-state index contributed by atoms with van der Waals surface area (Å²) >= 11 is 6.16. The van der Waals surface area contributed by atoms with Gasteiger partial charge in [0.2, 0.25) is 0 Å². The molecule has 0 aliphatic rings. The normalized spacial score (nSPS) is 11.8. The first kappa shape index (κ1) is 20.2. The molecule has 0 fully saturated rings. The summed E-state index contributed by atoms with van der Waals surface area (Å²) in [4.78, 5) is 20.9. The number of halogens is 1. The minimum absolute atomic E-state index is 0.0317. The fourth-order valence-corrected chi connectivity index (χ4v) is 2.78. The smallest absolute Gasteiger partial charge is 0.273 e. The SMILES string of the molecule is Cc1ccc(N=C/C(=N\N)C(=O)NCc2cc(-c3ccccc3Cl)no2)c(C)n1. The van der Waals surface area contributed by atoms with Gasteiger partial charge in [-0.3, -0.25) is 14.8 Å². The van der Waals surface area contributed by atoms with Gasteiger partial charge in [-0.1, -0.05) is 35.0 Å². The fourth-order valence-electron chi connectivity index (χ4n) is 2.55. The van der Waals surface area contributed by atoms with Gasteiger partial charge in [-0.25, -0.2) is 0 Å². The number of carbonyl (C=O) groups excluding carboxylic acids is 1. The van der Waals surface area contributed by atoms with E-state index in [1.165, 1.54) is 6.21 Å². The second-order valence-corrected chi connectivity index (χ2v) is 6.58. The summed E-state index contributed by atoms with van der Waals surface area (Å²) in [5.74, 6) is 5.30. The van der Waals surface area contributed by atoms with Crippen molar-refractivity contribution in [1.82, 2.24) is 15.5 Å². The molecule has 29 heavy (non-hydrogen) atoms. The van der Waals surface area contributed by atoms with Gasteiger partial charge in [0.05, 0.1) is 29.2 Å². The molecule has 0 aliphatic carbocycles. The van der Waals surface area contributed by atoms with E-state index in [1.54, 1.807) is 12.1 Å². The van der Waals surface area contributed by atoms with Crippen molar-refractivity contribution >= 4 is 35.1 Å². The van der Waals surface area contributed by atoms with Gasteiger partial charge < -0.3 is 15.7 Å². The van der Waals surface area contributed by atoms with Crippen LogP contribution in [0.3, 0.4) is 0 Å². The lowest BCUT2D eigenvalue weighted by atomic mass is 10.1. The summed E-state index contributed by atoms with van der Waals surface area (Å²) < 4.78 is 5.26. The Morgan fingerprint density at radius 2 is 2.07 bits per heavy atom. The van der Waals surface area contributed by atoms with E-state index in [0.29, 0.717) is 22.2 Å². The molecule has 2 aromatic heterocycles. The molecular weight excluding hydrogens is 392 g/mol. The lowest BCUT2D eigenvalue weighted by Crippen LogP contribution is -2.32. The number of nitrogens with zero attached hydrogens (tertiary/aromatic N) is 4. The Hall–Kier alpha value is -3.52. The number of rotatable bonds is 6. The Morgan fingerprint density at radius 1 is 1.28 bits per heavy atom. The zero-order chi connectivity index (χ0) is 20.8. The second kappa shape index (κ2) is 9.11. The topological polar surface area (TPSA) is 119 Å². The Balaban J connectivity index is 1.64. The lowest BCUT2D eigenvalue weighted by Gasteiger charge is -2.03. The second-order valence-electron chi connectivity index (χ2n) is 6.17. The third-order valence-electron chi connectivity index (χ3n) is 4.03. The van der Waals surface area contributed by atoms with Crippen LogP contribution in [0, 0.1) is 13.8 Å². The molecule has 0 bridgehead atoms. The highest BCUT2D eigenvalue weighted by atomic mass is 35.5. The van der Waals surface area contributed by atoms with E-state index in [1.807, 2.05) is 44.2 Å². The highest BCUT2D eigenvalue weighted by Gasteiger charge is 2.13. The predicted octanol–water partition coefficient (Wildman–Crippen LogP) is 3.34. The number of aromatic nitrogens is 2. The third-order valence-corrected chi connectivity index (χ3v) is 4.36. The average molecular weight is 411 g/mol. The number of carbonyl (C=O) groups is 1. The molecule has 0 atom stereocenters. The van der Waals surface area contributed by atoms with Crippen LogP contribution in [0.1, 0.15) is 17.1 Å². The van der Waals surface area contributed by atoms with Crippen molar-refractivity contribution in [1.29, 1.82) is 0 Å². The highest BCUT2D eigenvalue weighted by molar-refractivity contribution is 6.60. The van der Waals surface area contributed by atoms with E-state index >= 15 is 0 Å². The maximum atomic E-state index is 12.3. The van der Waals surface area contributed by atoms with Crippen LogP contribution >= 0.6 is 11.6 Å². The molecule has 1 amide bonds. The number of hydrazone groups is 1. The van der Waals surface area contributed by atoms with Crippen LogP contribution in [0.25, 0.3) is 11.3 Å². The molecular formula is C20H19ClN6O2. The minimum atomic E-state index is -0.496. The molecule has 0 aliphatic heterocycles. The van der Waals surface area contributed by atoms with Gasteiger partial charge in [-0.2, -0.15) is 5.10 Å².